The van der Waals surface area contributed by atoms with E-state index in [9.17, 15) is 16.8 Å². The summed E-state index contributed by atoms with van der Waals surface area (Å²) in [4.78, 5) is 0.0371. The van der Waals surface area contributed by atoms with E-state index >= 15 is 0 Å². The van der Waals surface area contributed by atoms with Crippen LogP contribution < -0.4 is 5.32 Å². The van der Waals surface area contributed by atoms with Crippen LogP contribution in [0.2, 0.25) is 0 Å². The van der Waals surface area contributed by atoms with Crippen molar-refractivity contribution in [3.05, 3.63) is 54.6 Å². The number of anilines is 2. The highest BCUT2D eigenvalue weighted by molar-refractivity contribution is 7.91. The van der Waals surface area contributed by atoms with Gasteiger partial charge < -0.3 is 5.32 Å². The highest BCUT2D eigenvalue weighted by Crippen LogP contribution is 2.19. The molecule has 0 amide bonds. The van der Waals surface area contributed by atoms with Crippen LogP contribution in [0.1, 0.15) is 0 Å². The molecule has 7 nitrogen and oxygen atoms in total. The van der Waals surface area contributed by atoms with Crippen molar-refractivity contribution in [1.29, 1.82) is 0 Å². The molecular formula is C14H15NO6S2. The van der Waals surface area contributed by atoms with E-state index in [0.717, 1.165) is 5.69 Å². The van der Waals surface area contributed by atoms with Crippen LogP contribution >= 0.6 is 0 Å². The molecule has 0 spiro atoms. The minimum Gasteiger partial charge on any atom is -0.356 e. The van der Waals surface area contributed by atoms with E-state index in [4.69, 9.17) is 4.55 Å². The van der Waals surface area contributed by atoms with Gasteiger partial charge in [0, 0.05) is 11.4 Å². The minimum absolute atomic E-state index is 0.0371. The number of hydrogen-bond acceptors (Lipinski definition) is 6. The molecule has 2 rings (SSSR count). The molecule has 0 fully saturated rings. The van der Waals surface area contributed by atoms with Gasteiger partial charge in [0.1, 0.15) is 0 Å². The summed E-state index contributed by atoms with van der Waals surface area (Å²) < 4.78 is 57.3. The Labute approximate surface area is 134 Å². The zero-order valence-electron chi connectivity index (χ0n) is 11.9. The van der Waals surface area contributed by atoms with Crippen LogP contribution in [-0.2, 0) is 24.4 Å². The van der Waals surface area contributed by atoms with E-state index in [0.29, 0.717) is 5.69 Å². The Morgan fingerprint density at radius 1 is 0.870 bits per heavy atom. The van der Waals surface area contributed by atoms with E-state index in [1.54, 1.807) is 12.1 Å². The van der Waals surface area contributed by atoms with Crippen molar-refractivity contribution >= 4 is 31.6 Å². The maximum atomic E-state index is 12.0. The zero-order valence-corrected chi connectivity index (χ0v) is 13.5. The Kier molecular flexibility index (Phi) is 5.37. The molecule has 0 radical (unpaired) electrons. The lowest BCUT2D eigenvalue weighted by Gasteiger charge is -2.08. The van der Waals surface area contributed by atoms with Crippen LogP contribution in [0.15, 0.2) is 59.5 Å². The molecule has 2 aromatic carbocycles. The van der Waals surface area contributed by atoms with E-state index < -0.39 is 32.6 Å². The largest absolute Gasteiger partial charge is 0.397 e. The molecule has 2 N–H and O–H groups in total. The van der Waals surface area contributed by atoms with E-state index in [1.165, 1.54) is 12.1 Å². The van der Waals surface area contributed by atoms with Crippen molar-refractivity contribution in [3.8, 4) is 0 Å². The second-order valence-electron chi connectivity index (χ2n) is 4.58. The minimum atomic E-state index is -4.64. The van der Waals surface area contributed by atoms with Crippen LogP contribution in [0.5, 0.6) is 0 Å². The van der Waals surface area contributed by atoms with E-state index in [1.807, 2.05) is 30.3 Å². The summed E-state index contributed by atoms with van der Waals surface area (Å²) in [7, 11) is -8.35. The van der Waals surface area contributed by atoms with Crippen molar-refractivity contribution in [2.45, 2.75) is 4.90 Å². The molecule has 124 valence electrons. The topological polar surface area (TPSA) is 110 Å². The molecule has 23 heavy (non-hydrogen) atoms. The first-order valence-electron chi connectivity index (χ1n) is 6.53. The molecule has 0 saturated carbocycles. The summed E-state index contributed by atoms with van der Waals surface area (Å²) in [5.74, 6) is -0.557. The van der Waals surface area contributed by atoms with E-state index in [2.05, 4.69) is 9.50 Å². The van der Waals surface area contributed by atoms with Crippen molar-refractivity contribution in [3.63, 3.8) is 0 Å². The molecule has 0 aliphatic rings. The van der Waals surface area contributed by atoms with Crippen molar-refractivity contribution in [1.82, 2.24) is 0 Å². The third-order valence-corrected chi connectivity index (χ3v) is 5.02. The van der Waals surface area contributed by atoms with Gasteiger partial charge in [-0.3, -0.25) is 4.55 Å². The van der Waals surface area contributed by atoms with Gasteiger partial charge in [-0.15, -0.1) is 0 Å². The molecule has 0 bridgehead atoms. The fourth-order valence-electron chi connectivity index (χ4n) is 1.80. The normalized spacial score (nSPS) is 12.0. The summed E-state index contributed by atoms with van der Waals surface area (Å²) >= 11 is 0. The van der Waals surface area contributed by atoms with Gasteiger partial charge >= 0.3 is 10.4 Å². The number of para-hydroxylation sites is 1. The van der Waals surface area contributed by atoms with Crippen molar-refractivity contribution in [2.24, 2.45) is 0 Å². The van der Waals surface area contributed by atoms with Gasteiger partial charge in [0.2, 0.25) is 0 Å². The highest BCUT2D eigenvalue weighted by Gasteiger charge is 2.16. The third kappa shape index (κ3) is 5.64. The number of nitrogens with one attached hydrogen (secondary N) is 1. The Morgan fingerprint density at radius 2 is 1.43 bits per heavy atom. The Morgan fingerprint density at radius 3 is 2.00 bits per heavy atom. The molecule has 0 aliphatic heterocycles. The van der Waals surface area contributed by atoms with Crippen LogP contribution in [0.3, 0.4) is 0 Å². The summed E-state index contributed by atoms with van der Waals surface area (Å²) in [6.07, 6.45) is 0. The number of sulfone groups is 1. The number of rotatable bonds is 7. The Balaban J connectivity index is 2.03. The fourth-order valence-corrected chi connectivity index (χ4v) is 3.29. The third-order valence-electron chi connectivity index (χ3n) is 2.86. The lowest BCUT2D eigenvalue weighted by atomic mass is 10.3. The maximum Gasteiger partial charge on any atom is 0.397 e. The molecule has 0 unspecified atom stereocenters. The molecular weight excluding hydrogens is 342 g/mol. The monoisotopic (exact) mass is 357 g/mol. The Hall–Kier alpha value is -1.94. The smallest absolute Gasteiger partial charge is 0.356 e. The average Bonchev–Trinajstić information content (AvgIpc) is 2.47. The molecule has 0 aliphatic carbocycles. The van der Waals surface area contributed by atoms with Gasteiger partial charge in [-0.2, -0.15) is 8.42 Å². The Bertz CT molecular complexity index is 846. The van der Waals surface area contributed by atoms with Crippen molar-refractivity contribution in [2.75, 3.05) is 17.7 Å². The number of hydrogen-bond donors (Lipinski definition) is 2. The fraction of sp³-hybridized carbons (Fsp3) is 0.143. The predicted molar refractivity (Wildman–Crippen MR) is 85.7 cm³/mol. The second kappa shape index (κ2) is 7.09. The summed E-state index contributed by atoms with van der Waals surface area (Å²) in [5, 5.41) is 3.11. The standard InChI is InChI=1S/C14H15NO6S2/c16-22(17,11-10-21-23(18,19)20)14-8-6-13(7-9-14)15-12-4-2-1-3-5-12/h1-9,15H,10-11H2,(H,18,19,20). The lowest BCUT2D eigenvalue weighted by molar-refractivity contribution is 0.284. The van der Waals surface area contributed by atoms with Crippen molar-refractivity contribution < 1.29 is 25.6 Å². The van der Waals surface area contributed by atoms with Crippen LogP contribution in [0.4, 0.5) is 11.4 Å². The van der Waals surface area contributed by atoms with Gasteiger partial charge in [-0.05, 0) is 36.4 Å². The summed E-state index contributed by atoms with van der Waals surface area (Å²) in [6, 6.07) is 15.4. The first-order chi connectivity index (χ1) is 10.8. The van der Waals surface area contributed by atoms with Crippen LogP contribution in [-0.4, -0.2) is 33.7 Å². The molecule has 0 aromatic heterocycles. The van der Waals surface area contributed by atoms with Crippen LogP contribution in [0.25, 0.3) is 0 Å². The average molecular weight is 357 g/mol. The van der Waals surface area contributed by atoms with Crippen LogP contribution in [0, 0.1) is 0 Å². The molecule has 0 heterocycles. The summed E-state index contributed by atoms with van der Waals surface area (Å²) in [5.41, 5.74) is 1.58. The highest BCUT2D eigenvalue weighted by atomic mass is 32.3. The van der Waals surface area contributed by atoms with Gasteiger partial charge in [0.05, 0.1) is 17.3 Å². The zero-order chi connectivity index (χ0) is 16.9. The first-order valence-corrected chi connectivity index (χ1v) is 9.55. The quantitative estimate of drug-likeness (QED) is 0.730. The summed E-state index contributed by atoms with van der Waals surface area (Å²) in [6.45, 7) is -0.648. The molecule has 0 saturated heterocycles. The lowest BCUT2D eigenvalue weighted by Crippen LogP contribution is -2.15. The van der Waals surface area contributed by atoms with Gasteiger partial charge in [0.15, 0.2) is 9.84 Å². The predicted octanol–water partition coefficient (Wildman–Crippen LogP) is 2.02. The number of benzene rings is 2. The van der Waals surface area contributed by atoms with Gasteiger partial charge in [-0.1, -0.05) is 18.2 Å². The SMILES string of the molecule is O=S(=O)(O)OCCS(=O)(=O)c1ccc(Nc2ccccc2)cc1. The first kappa shape index (κ1) is 17.4. The van der Waals surface area contributed by atoms with Gasteiger partial charge in [-0.25, -0.2) is 12.6 Å². The molecule has 0 atom stereocenters. The van der Waals surface area contributed by atoms with Gasteiger partial charge in [0.25, 0.3) is 0 Å². The molecule has 2 aromatic rings. The second-order valence-corrected chi connectivity index (χ2v) is 7.78. The maximum absolute atomic E-state index is 12.0. The van der Waals surface area contributed by atoms with E-state index in [-0.39, 0.29) is 4.90 Å². The molecule has 9 heteroatoms.